The first kappa shape index (κ1) is 12.4. The molecule has 3 aromatic rings. The van der Waals surface area contributed by atoms with Gasteiger partial charge in [0.15, 0.2) is 0 Å². The molecule has 0 saturated heterocycles. The zero-order valence-corrected chi connectivity index (χ0v) is 12.0. The van der Waals surface area contributed by atoms with Crippen LogP contribution in [0.1, 0.15) is 9.88 Å². The number of rotatable bonds is 2. The summed E-state index contributed by atoms with van der Waals surface area (Å²) >= 11 is 9.05. The summed E-state index contributed by atoms with van der Waals surface area (Å²) in [4.78, 5) is 5.52. The van der Waals surface area contributed by atoms with Gasteiger partial charge in [-0.05, 0) is 35.7 Å². The van der Waals surface area contributed by atoms with E-state index >= 15 is 0 Å². The number of thiophene rings is 1. The Morgan fingerprint density at radius 1 is 1.37 bits per heavy atom. The highest BCUT2D eigenvalue weighted by Gasteiger charge is 2.09. The molecule has 2 heterocycles. The Balaban J connectivity index is 2.10. The molecule has 0 atom stereocenters. The van der Waals surface area contributed by atoms with E-state index in [1.807, 2.05) is 41.8 Å². The molecule has 1 aromatic carbocycles. The van der Waals surface area contributed by atoms with Crippen molar-refractivity contribution < 1.29 is 0 Å². The minimum atomic E-state index is 0.583. The molecule has 0 aliphatic carbocycles. The lowest BCUT2D eigenvalue weighted by molar-refractivity contribution is 1.44. The van der Waals surface area contributed by atoms with Crippen molar-refractivity contribution in [1.82, 2.24) is 4.98 Å². The summed E-state index contributed by atoms with van der Waals surface area (Å²) in [5.41, 5.74) is 1.42. The molecule has 0 spiro atoms. The number of hydrogen-bond donors (Lipinski definition) is 0. The Labute approximate surface area is 123 Å². The van der Waals surface area contributed by atoms with Crippen molar-refractivity contribution in [1.29, 1.82) is 5.26 Å². The van der Waals surface area contributed by atoms with Crippen LogP contribution in [-0.4, -0.2) is 4.98 Å². The van der Waals surface area contributed by atoms with E-state index in [-0.39, 0.29) is 0 Å². The summed E-state index contributed by atoms with van der Waals surface area (Å²) < 4.78 is 1.03. The van der Waals surface area contributed by atoms with Crippen molar-refractivity contribution in [3.63, 3.8) is 0 Å². The van der Waals surface area contributed by atoms with Crippen LogP contribution in [-0.2, 0) is 0 Å². The fourth-order valence-electron chi connectivity index (χ4n) is 1.67. The first-order valence-electron chi connectivity index (χ1n) is 5.48. The van der Waals surface area contributed by atoms with Gasteiger partial charge in [0.2, 0.25) is 0 Å². The minimum absolute atomic E-state index is 0.583. The highest BCUT2D eigenvalue weighted by molar-refractivity contribution is 7.19. The van der Waals surface area contributed by atoms with Gasteiger partial charge >= 0.3 is 0 Å². The van der Waals surface area contributed by atoms with Crippen molar-refractivity contribution >= 4 is 56.1 Å². The molecule has 2 aromatic heterocycles. The molecule has 0 amide bonds. The van der Waals surface area contributed by atoms with E-state index in [9.17, 15) is 5.26 Å². The topological polar surface area (TPSA) is 36.7 Å². The highest BCUT2D eigenvalue weighted by atomic mass is 35.5. The van der Waals surface area contributed by atoms with Crippen LogP contribution in [0.2, 0.25) is 5.02 Å². The first-order valence-corrected chi connectivity index (χ1v) is 7.55. The number of nitrogens with zero attached hydrogens (tertiary/aromatic N) is 2. The van der Waals surface area contributed by atoms with E-state index in [0.717, 1.165) is 20.1 Å². The number of thiazole rings is 1. The Hall–Kier alpha value is -1.67. The zero-order valence-electron chi connectivity index (χ0n) is 9.63. The number of aromatic nitrogens is 1. The van der Waals surface area contributed by atoms with Crippen LogP contribution in [0.25, 0.3) is 21.9 Å². The molecular formula is C14H7ClN2S2. The molecule has 0 unspecified atom stereocenters. The Morgan fingerprint density at radius 3 is 3.00 bits per heavy atom. The molecule has 0 bridgehead atoms. The van der Waals surface area contributed by atoms with Crippen molar-refractivity contribution in [2.45, 2.75) is 0 Å². The lowest BCUT2D eigenvalue weighted by Gasteiger charge is -1.90. The highest BCUT2D eigenvalue weighted by Crippen LogP contribution is 2.30. The van der Waals surface area contributed by atoms with Gasteiger partial charge in [-0.1, -0.05) is 17.7 Å². The van der Waals surface area contributed by atoms with Gasteiger partial charge in [0.05, 0.1) is 15.8 Å². The smallest absolute Gasteiger partial charge is 0.135 e. The van der Waals surface area contributed by atoms with Crippen LogP contribution in [0.15, 0.2) is 35.7 Å². The summed E-state index contributed by atoms with van der Waals surface area (Å²) in [6, 6.07) is 11.7. The van der Waals surface area contributed by atoms with E-state index in [1.165, 1.54) is 11.3 Å². The number of fused-ring (bicyclic) bond motifs is 1. The molecule has 2 nitrogen and oxygen atoms in total. The number of halogens is 1. The molecule has 0 saturated carbocycles. The van der Waals surface area contributed by atoms with Gasteiger partial charge in [0.1, 0.15) is 11.1 Å². The number of allylic oxidation sites excluding steroid dienone is 1. The predicted molar refractivity (Wildman–Crippen MR) is 82.4 cm³/mol. The third kappa shape index (κ3) is 2.54. The van der Waals surface area contributed by atoms with Crippen molar-refractivity contribution in [2.24, 2.45) is 0 Å². The molecule has 0 aliphatic rings. The van der Waals surface area contributed by atoms with Crippen LogP contribution >= 0.6 is 34.3 Å². The van der Waals surface area contributed by atoms with E-state index in [1.54, 1.807) is 11.3 Å². The quantitative estimate of drug-likeness (QED) is 0.619. The summed E-state index contributed by atoms with van der Waals surface area (Å²) in [6.07, 6.45) is 1.87. The predicted octanol–water partition coefficient (Wildman–Crippen LogP) is 5.08. The molecule has 0 fully saturated rings. The van der Waals surface area contributed by atoms with E-state index in [2.05, 4.69) is 11.1 Å². The molecule has 3 rings (SSSR count). The van der Waals surface area contributed by atoms with Gasteiger partial charge in [-0.15, -0.1) is 22.7 Å². The summed E-state index contributed by atoms with van der Waals surface area (Å²) in [5.74, 6) is 0. The standard InChI is InChI=1S/C14H7ClN2S2/c15-10-3-4-13-12(7-10)17-14(19-13)9(8-16)6-11-2-1-5-18-11/h1-7H. The SMILES string of the molecule is N#CC(=Cc1cccs1)c1nc2cc(Cl)ccc2s1. The maximum absolute atomic E-state index is 9.28. The van der Waals surface area contributed by atoms with Gasteiger partial charge in [-0.2, -0.15) is 5.26 Å². The lowest BCUT2D eigenvalue weighted by Crippen LogP contribution is -1.78. The van der Waals surface area contributed by atoms with Crippen LogP contribution in [0, 0.1) is 11.3 Å². The zero-order chi connectivity index (χ0) is 13.2. The van der Waals surface area contributed by atoms with Crippen molar-refractivity contribution in [3.8, 4) is 6.07 Å². The summed E-state index contributed by atoms with van der Waals surface area (Å²) in [5, 5.41) is 12.7. The number of nitriles is 1. The second-order valence-electron chi connectivity index (χ2n) is 3.82. The third-order valence-corrected chi connectivity index (χ3v) is 4.65. The van der Waals surface area contributed by atoms with Crippen LogP contribution < -0.4 is 0 Å². The summed E-state index contributed by atoms with van der Waals surface area (Å²) in [7, 11) is 0. The normalized spacial score (nSPS) is 11.7. The summed E-state index contributed by atoms with van der Waals surface area (Å²) in [6.45, 7) is 0. The largest absolute Gasteiger partial charge is 0.235 e. The van der Waals surface area contributed by atoms with E-state index < -0.39 is 0 Å². The van der Waals surface area contributed by atoms with Crippen LogP contribution in [0.3, 0.4) is 0 Å². The van der Waals surface area contributed by atoms with Crippen molar-refractivity contribution in [2.75, 3.05) is 0 Å². The minimum Gasteiger partial charge on any atom is -0.235 e. The fraction of sp³-hybridized carbons (Fsp3) is 0. The second-order valence-corrected chi connectivity index (χ2v) is 6.26. The Morgan fingerprint density at radius 2 is 2.26 bits per heavy atom. The average molecular weight is 303 g/mol. The number of benzene rings is 1. The van der Waals surface area contributed by atoms with Gasteiger partial charge in [-0.3, -0.25) is 0 Å². The maximum Gasteiger partial charge on any atom is 0.135 e. The molecule has 0 radical (unpaired) electrons. The molecular weight excluding hydrogens is 296 g/mol. The van der Waals surface area contributed by atoms with Crippen LogP contribution in [0.5, 0.6) is 0 Å². The van der Waals surface area contributed by atoms with E-state index in [4.69, 9.17) is 11.6 Å². The molecule has 0 N–H and O–H groups in total. The molecule has 19 heavy (non-hydrogen) atoms. The third-order valence-electron chi connectivity index (χ3n) is 2.53. The monoisotopic (exact) mass is 302 g/mol. The Bertz CT molecular complexity index is 795. The first-order chi connectivity index (χ1) is 9.26. The molecule has 92 valence electrons. The number of hydrogen-bond acceptors (Lipinski definition) is 4. The lowest BCUT2D eigenvalue weighted by atomic mass is 10.2. The van der Waals surface area contributed by atoms with Gasteiger partial charge in [0, 0.05) is 9.90 Å². The maximum atomic E-state index is 9.28. The molecule has 5 heteroatoms. The van der Waals surface area contributed by atoms with Crippen LogP contribution in [0.4, 0.5) is 0 Å². The fourth-order valence-corrected chi connectivity index (χ4v) is 3.41. The van der Waals surface area contributed by atoms with Gasteiger partial charge < -0.3 is 0 Å². The second kappa shape index (κ2) is 5.14. The average Bonchev–Trinajstić information content (AvgIpc) is 3.03. The van der Waals surface area contributed by atoms with Gasteiger partial charge in [-0.25, -0.2) is 4.98 Å². The van der Waals surface area contributed by atoms with E-state index in [0.29, 0.717) is 10.6 Å². The Kier molecular flexibility index (Phi) is 3.34. The molecule has 0 aliphatic heterocycles. The van der Waals surface area contributed by atoms with Crippen molar-refractivity contribution in [3.05, 3.63) is 50.6 Å². The van der Waals surface area contributed by atoms with Gasteiger partial charge in [0.25, 0.3) is 0 Å².